The van der Waals surface area contributed by atoms with E-state index in [1.54, 1.807) is 0 Å². The van der Waals surface area contributed by atoms with Gasteiger partial charge in [-0.05, 0) is 231 Å². The first-order valence-electron chi connectivity index (χ1n) is 41.9. The summed E-state index contributed by atoms with van der Waals surface area (Å²) < 4.78 is 16.8. The van der Waals surface area contributed by atoms with E-state index in [9.17, 15) is 0 Å². The van der Waals surface area contributed by atoms with Crippen molar-refractivity contribution >= 4 is 112 Å². The summed E-state index contributed by atoms with van der Waals surface area (Å²) >= 11 is 0. The fourth-order valence-corrected chi connectivity index (χ4v) is 24.2. The molecular weight excluding hydrogens is 1420 g/mol. The fourth-order valence-electron chi connectivity index (χ4n) is 18.1. The van der Waals surface area contributed by atoms with Crippen molar-refractivity contribution in [2.24, 2.45) is 0 Å². The van der Waals surface area contributed by atoms with Gasteiger partial charge in [0.2, 0.25) is 0 Å². The second-order valence-electron chi connectivity index (χ2n) is 44.0. The molecule has 0 radical (unpaired) electrons. The first kappa shape index (κ1) is 77.4. The Morgan fingerprint density at radius 2 is 0.272 bits per heavy atom. The second-order valence-corrected chi connectivity index (χ2v) is 48.0. The number of nitrogens with zero attached hydrogens (tertiary/aromatic N) is 6. The SMILES string of the molecule is CC(C)(C)c1ccc(-n2c3cc(C(C)(C)C)cc4c3p3c5c2cc(C(C)(C)C)cc5n(-c2ccc(C(C)(C)C)cc2)c2c5c6c(c(c23)n4-c2ccc(C(C)(C)C)cc2)n(-c2ccc(C(C)(C)C)cc2)c2cc(C(C)(C)C)cc3c2p6c2c(cc(C(C)(C)C)cc2n5-c2ccc(C(C)(C)C)cc2)n3-c2ccc(C(C)(C)C)cc2)cc1. The topological polar surface area (TPSA) is 29.6 Å². The third-order valence-electron chi connectivity index (χ3n) is 25.2. The molecule has 0 saturated heterocycles. The highest BCUT2D eigenvalue weighted by atomic mass is 31.1. The minimum absolute atomic E-state index is 0.0501. The molecule has 8 heteroatoms. The number of fused-ring (bicyclic) bond motifs is 2. The van der Waals surface area contributed by atoms with Gasteiger partial charge in [-0.25, -0.2) is 0 Å². The zero-order chi connectivity index (χ0) is 81.9. The van der Waals surface area contributed by atoms with Crippen LogP contribution in [0.25, 0.3) is 131 Å². The minimum Gasteiger partial charge on any atom is -0.308 e. The Bertz CT molecular complexity index is 6000. The Kier molecular flexibility index (Phi) is 17.1. The molecule has 6 heterocycles. The Hall–Kier alpha value is -9.18. The molecule has 0 fully saturated rings. The van der Waals surface area contributed by atoms with Crippen LogP contribution in [-0.2, 0) is 54.1 Å². The van der Waals surface area contributed by atoms with Crippen molar-refractivity contribution in [2.45, 2.75) is 262 Å². The molecule has 6 aromatic heterocycles. The van der Waals surface area contributed by atoms with Crippen LogP contribution in [-0.4, -0.2) is 27.4 Å². The van der Waals surface area contributed by atoms with E-state index in [4.69, 9.17) is 0 Å². The van der Waals surface area contributed by atoms with E-state index in [0.717, 1.165) is 34.1 Å². The molecule has 11 aromatic carbocycles. The van der Waals surface area contributed by atoms with Gasteiger partial charge in [0.05, 0.1) is 76.4 Å². The van der Waals surface area contributed by atoms with Crippen molar-refractivity contribution < 1.29 is 0 Å². The van der Waals surface area contributed by atoms with Gasteiger partial charge in [-0.3, -0.25) is 0 Å². The quantitative estimate of drug-likeness (QED) is 0.117. The summed E-state index contributed by atoms with van der Waals surface area (Å²) in [6.45, 7) is 71.6. The van der Waals surface area contributed by atoms with Crippen molar-refractivity contribution in [1.29, 1.82) is 0 Å². The van der Waals surface area contributed by atoms with E-state index >= 15 is 0 Å². The van der Waals surface area contributed by atoms with Gasteiger partial charge in [0.15, 0.2) is 0 Å². The molecule has 0 saturated carbocycles. The van der Waals surface area contributed by atoms with E-state index in [0.29, 0.717) is 0 Å². The van der Waals surface area contributed by atoms with E-state index in [1.165, 1.54) is 153 Å². The molecule has 0 amide bonds. The molecule has 6 nitrogen and oxygen atoms in total. The molecule has 17 aromatic rings. The van der Waals surface area contributed by atoms with Gasteiger partial charge in [0, 0.05) is 54.6 Å². The zero-order valence-electron chi connectivity index (χ0n) is 74.1. The van der Waals surface area contributed by atoms with Gasteiger partial charge < -0.3 is 27.4 Å². The maximum Gasteiger partial charge on any atom is 0.0852 e. The van der Waals surface area contributed by atoms with Crippen molar-refractivity contribution in [3.05, 3.63) is 250 Å². The molecule has 17 rings (SSSR count). The van der Waals surface area contributed by atoms with Crippen LogP contribution in [0, 0.1) is 0 Å². The third kappa shape index (κ3) is 12.3. The van der Waals surface area contributed by atoms with Crippen molar-refractivity contribution in [1.82, 2.24) is 27.4 Å². The van der Waals surface area contributed by atoms with Gasteiger partial charge in [-0.2, -0.15) is 0 Å². The molecule has 114 heavy (non-hydrogen) atoms. The smallest absolute Gasteiger partial charge is 0.0852 e. The van der Waals surface area contributed by atoms with Crippen molar-refractivity contribution in [3.63, 3.8) is 0 Å². The van der Waals surface area contributed by atoms with Crippen LogP contribution in [0.4, 0.5) is 0 Å². The average molecular weight is 1540 g/mol. The van der Waals surface area contributed by atoms with E-state index in [1.807, 2.05) is 0 Å². The second kappa shape index (κ2) is 25.2. The zero-order valence-corrected chi connectivity index (χ0v) is 75.8. The van der Waals surface area contributed by atoms with Crippen molar-refractivity contribution in [3.8, 4) is 34.1 Å². The number of benzene rings is 11. The first-order chi connectivity index (χ1) is 52.9. The number of rotatable bonds is 6. The lowest BCUT2D eigenvalue weighted by molar-refractivity contribution is 0.589. The number of hydrogen-bond acceptors (Lipinski definition) is 0. The molecule has 0 aliphatic rings. The van der Waals surface area contributed by atoms with Crippen LogP contribution in [0.2, 0.25) is 0 Å². The van der Waals surface area contributed by atoms with E-state index < -0.39 is 14.7 Å². The summed E-state index contributed by atoms with van der Waals surface area (Å²) in [7, 11) is -2.95. The highest BCUT2D eigenvalue weighted by molar-refractivity contribution is 7.65. The molecule has 0 unspecified atom stereocenters. The Labute approximate surface area is 680 Å². The van der Waals surface area contributed by atoms with Gasteiger partial charge in [-0.15, -0.1) is 0 Å². The van der Waals surface area contributed by atoms with Crippen LogP contribution in [0.15, 0.2) is 194 Å². The van der Waals surface area contributed by atoms with E-state index in [-0.39, 0.29) is 54.1 Å². The molecule has 586 valence electrons. The first-order valence-corrected chi connectivity index (χ1v) is 44.6. The average Bonchev–Trinajstić information content (AvgIpc) is 0.645. The lowest BCUT2D eigenvalue weighted by Crippen LogP contribution is -2.18. The molecule has 0 aliphatic heterocycles. The van der Waals surface area contributed by atoms with Gasteiger partial charge in [0.1, 0.15) is 0 Å². The maximum atomic E-state index is 2.84. The minimum atomic E-state index is -1.48. The monoisotopic (exact) mass is 1540 g/mol. The van der Waals surface area contributed by atoms with Crippen LogP contribution in [0.5, 0.6) is 0 Å². The summed E-state index contributed by atoms with van der Waals surface area (Å²) in [5.41, 5.74) is 33.4. The highest BCUT2D eigenvalue weighted by Crippen LogP contribution is 2.65. The normalized spacial score (nSPS) is 13.9. The van der Waals surface area contributed by atoms with Crippen LogP contribution in [0.1, 0.15) is 263 Å². The Morgan fingerprint density at radius 1 is 0.149 bits per heavy atom. The third-order valence-corrected chi connectivity index (χ3v) is 30.6. The van der Waals surface area contributed by atoms with Crippen LogP contribution in [0.3, 0.4) is 0 Å². The Morgan fingerprint density at radius 3 is 0.404 bits per heavy atom. The summed E-state index contributed by atoms with van der Waals surface area (Å²) in [6, 6.07) is 80.1. The summed E-state index contributed by atoms with van der Waals surface area (Å²) in [4.78, 5) is 0. The number of hydrogen-bond donors (Lipinski definition) is 0. The molecule has 0 aliphatic carbocycles. The van der Waals surface area contributed by atoms with Gasteiger partial charge >= 0.3 is 0 Å². The number of aromatic nitrogens is 6. The fraction of sp³-hybridized carbons (Fsp3) is 0.377. The lowest BCUT2D eigenvalue weighted by atomic mass is 9.86. The standard InChI is InChI=1S/C106H122N6P2/c1-97(2,3)63-31-43-73(44-32-63)107-79-55-69(103(19,20)21)59-83-91(79)113-92-80(107)56-70(104(22,23)24)60-84(92)110(76-49-37-66(38-50-76)100(10,11)12)88-90-96-89(87(95(88)113)109(83)75-47-35-65(36-48-75)99(7,8)9)111(77-51-39-67(40-52-77)101(13,14)15)85-61-71(105(25,26)27)57-81-93(85)114(96)94-82(108(81)74-45-33-64(34-46-74)98(4,5)6)58-72(106(28,29)30)62-86(94)112(90)78-53-41-68(42-54-78)102(16,17)18/h31-62H,1-30H3. The lowest BCUT2D eigenvalue weighted by Gasteiger charge is -2.35. The summed E-state index contributed by atoms with van der Waals surface area (Å²) in [6.07, 6.45) is 0. The van der Waals surface area contributed by atoms with Crippen molar-refractivity contribution in [2.75, 3.05) is 0 Å². The largest absolute Gasteiger partial charge is 0.308 e. The summed E-state index contributed by atoms with van der Waals surface area (Å²) in [5.74, 6) is 0. The Balaban J connectivity index is 1.32. The molecule has 0 spiro atoms. The molecular formula is C106H122N6P2. The van der Waals surface area contributed by atoms with Gasteiger partial charge in [0.25, 0.3) is 0 Å². The maximum absolute atomic E-state index is 2.84. The molecule has 0 bridgehead atoms. The molecule has 0 atom stereocenters. The predicted molar refractivity (Wildman–Crippen MR) is 501 cm³/mol. The summed E-state index contributed by atoms with van der Waals surface area (Å²) in [5, 5.41) is 8.31. The molecule has 0 N–H and O–H groups in total. The van der Waals surface area contributed by atoms with E-state index in [2.05, 4.69) is 429 Å². The van der Waals surface area contributed by atoms with Gasteiger partial charge in [-0.1, -0.05) is 295 Å². The van der Waals surface area contributed by atoms with Crippen LogP contribution < -0.4 is 0 Å². The van der Waals surface area contributed by atoms with Crippen LogP contribution >= 0.6 is 14.7 Å². The highest BCUT2D eigenvalue weighted by Gasteiger charge is 2.38. The predicted octanol–water partition coefficient (Wildman–Crippen LogP) is 31.5.